The van der Waals surface area contributed by atoms with Gasteiger partial charge in [0.15, 0.2) is 0 Å². The molecular formula is C12H18N4O2S2. The van der Waals surface area contributed by atoms with E-state index in [0.29, 0.717) is 18.0 Å². The van der Waals surface area contributed by atoms with E-state index < -0.39 is 10.0 Å². The number of nitrogens with one attached hydrogen (secondary N) is 1. The van der Waals surface area contributed by atoms with Gasteiger partial charge in [0, 0.05) is 34.7 Å². The van der Waals surface area contributed by atoms with E-state index in [4.69, 9.17) is 5.73 Å². The molecule has 0 aromatic carbocycles. The fraction of sp³-hybridized carbons (Fsp3) is 0.417. The number of sulfonamides is 1. The van der Waals surface area contributed by atoms with Crippen molar-refractivity contribution in [2.45, 2.75) is 37.9 Å². The fourth-order valence-electron chi connectivity index (χ4n) is 1.95. The minimum absolute atomic E-state index is 0.250. The smallest absolute Gasteiger partial charge is 0.241 e. The summed E-state index contributed by atoms with van der Waals surface area (Å²) in [6, 6.07) is 3.20. The first-order valence-electron chi connectivity index (χ1n) is 6.21. The fourth-order valence-corrected chi connectivity index (χ4v) is 4.69. The van der Waals surface area contributed by atoms with Crippen molar-refractivity contribution in [2.24, 2.45) is 5.73 Å². The number of hydrogen-bond acceptors (Lipinski definition) is 5. The number of hydrogen-bond donors (Lipinski definition) is 2. The van der Waals surface area contributed by atoms with Crippen LogP contribution in [0, 0.1) is 6.92 Å². The molecule has 0 saturated carbocycles. The number of aromatic nitrogens is 2. The van der Waals surface area contributed by atoms with Crippen molar-refractivity contribution in [3.8, 4) is 0 Å². The third-order valence-electron chi connectivity index (χ3n) is 2.79. The summed E-state index contributed by atoms with van der Waals surface area (Å²) in [7, 11) is -3.52. The molecule has 0 saturated heterocycles. The van der Waals surface area contributed by atoms with E-state index in [1.165, 1.54) is 11.3 Å². The largest absolute Gasteiger partial charge is 0.326 e. The lowest BCUT2D eigenvalue weighted by atomic mass is 10.4. The summed E-state index contributed by atoms with van der Waals surface area (Å²) < 4.78 is 29.1. The molecule has 2 aromatic heterocycles. The van der Waals surface area contributed by atoms with E-state index in [2.05, 4.69) is 9.82 Å². The molecule has 110 valence electrons. The Morgan fingerprint density at radius 2 is 2.30 bits per heavy atom. The second-order valence-corrected chi connectivity index (χ2v) is 7.61. The van der Waals surface area contributed by atoms with E-state index in [0.717, 1.165) is 9.75 Å². The molecule has 8 heteroatoms. The van der Waals surface area contributed by atoms with Crippen molar-refractivity contribution in [2.75, 3.05) is 0 Å². The zero-order valence-electron chi connectivity index (χ0n) is 11.4. The number of rotatable bonds is 6. The monoisotopic (exact) mass is 314 g/mol. The van der Waals surface area contributed by atoms with Crippen LogP contribution in [0.15, 0.2) is 29.4 Å². The zero-order chi connectivity index (χ0) is 14.8. The molecule has 0 fully saturated rings. The highest BCUT2D eigenvalue weighted by atomic mass is 32.2. The summed E-state index contributed by atoms with van der Waals surface area (Å²) in [4.78, 5) is 1.93. The molecule has 0 aliphatic heterocycles. The van der Waals surface area contributed by atoms with Crippen molar-refractivity contribution in [1.82, 2.24) is 14.5 Å². The molecule has 20 heavy (non-hydrogen) atoms. The Morgan fingerprint density at radius 3 is 2.85 bits per heavy atom. The summed E-state index contributed by atoms with van der Waals surface area (Å²) in [5, 5.41) is 4.06. The molecule has 0 spiro atoms. The highest BCUT2D eigenvalue weighted by Crippen LogP contribution is 2.25. The number of aryl methyl sites for hydroxylation is 1. The van der Waals surface area contributed by atoms with E-state index >= 15 is 0 Å². The van der Waals surface area contributed by atoms with Crippen LogP contribution >= 0.6 is 11.3 Å². The maximum absolute atomic E-state index is 12.3. The third-order valence-corrected chi connectivity index (χ3v) is 5.71. The molecule has 1 atom stereocenters. The van der Waals surface area contributed by atoms with Gasteiger partial charge in [0.1, 0.15) is 0 Å². The SMILES string of the molecule is Cc1sc(CN)cc1S(=O)(=O)NC(C)Cn1cccn1. The first-order chi connectivity index (χ1) is 9.42. The lowest BCUT2D eigenvalue weighted by molar-refractivity contribution is 0.494. The standard InChI is InChI=1S/C12H18N4O2S2/c1-9(8-16-5-3-4-14-16)15-20(17,18)12-6-11(7-13)19-10(12)2/h3-6,9,15H,7-8,13H2,1-2H3. The average Bonchev–Trinajstić information content (AvgIpc) is 2.97. The Labute approximate surface area is 122 Å². The van der Waals surface area contributed by atoms with Crippen molar-refractivity contribution in [3.05, 3.63) is 34.3 Å². The Balaban J connectivity index is 2.12. The zero-order valence-corrected chi connectivity index (χ0v) is 13.0. The first kappa shape index (κ1) is 15.2. The van der Waals surface area contributed by atoms with Crippen molar-refractivity contribution >= 4 is 21.4 Å². The Morgan fingerprint density at radius 1 is 1.55 bits per heavy atom. The normalized spacial score (nSPS) is 13.6. The quantitative estimate of drug-likeness (QED) is 0.835. The van der Waals surface area contributed by atoms with Gasteiger partial charge in [-0.3, -0.25) is 4.68 Å². The minimum atomic E-state index is -3.52. The van der Waals surface area contributed by atoms with Crippen LogP contribution in [-0.4, -0.2) is 24.2 Å². The molecule has 0 aliphatic carbocycles. The van der Waals surface area contributed by atoms with Crippen LogP contribution in [0.1, 0.15) is 16.7 Å². The average molecular weight is 314 g/mol. The van der Waals surface area contributed by atoms with Gasteiger partial charge < -0.3 is 5.73 Å². The summed E-state index contributed by atoms with van der Waals surface area (Å²) in [5.41, 5.74) is 5.55. The molecule has 6 nitrogen and oxygen atoms in total. The third kappa shape index (κ3) is 3.45. The van der Waals surface area contributed by atoms with Crippen LogP contribution in [0.25, 0.3) is 0 Å². The predicted octanol–water partition coefficient (Wildman–Crippen LogP) is 1.08. The molecule has 2 aromatic rings. The van der Waals surface area contributed by atoms with Gasteiger partial charge in [0.2, 0.25) is 10.0 Å². The minimum Gasteiger partial charge on any atom is -0.326 e. The number of nitrogens with zero attached hydrogens (tertiary/aromatic N) is 2. The van der Waals surface area contributed by atoms with E-state index in [9.17, 15) is 8.42 Å². The Bertz CT molecular complexity index is 662. The van der Waals surface area contributed by atoms with Crippen LogP contribution in [0.4, 0.5) is 0 Å². The molecule has 1 unspecified atom stereocenters. The molecule has 0 bridgehead atoms. The Hall–Kier alpha value is -1.22. The van der Waals surface area contributed by atoms with E-state index in [-0.39, 0.29) is 6.04 Å². The molecule has 0 amide bonds. The number of nitrogens with two attached hydrogens (primary N) is 1. The van der Waals surface area contributed by atoms with Crippen LogP contribution < -0.4 is 10.5 Å². The molecule has 0 radical (unpaired) electrons. The molecular weight excluding hydrogens is 296 g/mol. The Kier molecular flexibility index (Phi) is 4.59. The maximum atomic E-state index is 12.3. The van der Waals surface area contributed by atoms with Gasteiger partial charge in [-0.05, 0) is 26.0 Å². The van der Waals surface area contributed by atoms with Gasteiger partial charge in [-0.25, -0.2) is 13.1 Å². The topological polar surface area (TPSA) is 90.0 Å². The van der Waals surface area contributed by atoms with Crippen molar-refractivity contribution in [1.29, 1.82) is 0 Å². The second kappa shape index (κ2) is 6.04. The first-order valence-corrected chi connectivity index (χ1v) is 8.51. The predicted molar refractivity (Wildman–Crippen MR) is 79.0 cm³/mol. The van der Waals surface area contributed by atoms with Gasteiger partial charge in [0.05, 0.1) is 11.4 Å². The lowest BCUT2D eigenvalue weighted by Crippen LogP contribution is -2.35. The van der Waals surface area contributed by atoms with E-state index in [1.54, 1.807) is 36.1 Å². The highest BCUT2D eigenvalue weighted by molar-refractivity contribution is 7.89. The highest BCUT2D eigenvalue weighted by Gasteiger charge is 2.22. The maximum Gasteiger partial charge on any atom is 0.241 e. The van der Waals surface area contributed by atoms with Gasteiger partial charge in [-0.15, -0.1) is 11.3 Å². The molecule has 2 heterocycles. The van der Waals surface area contributed by atoms with Gasteiger partial charge in [-0.1, -0.05) is 0 Å². The summed E-state index contributed by atoms with van der Waals surface area (Å²) in [6.45, 7) is 4.43. The van der Waals surface area contributed by atoms with Crippen molar-refractivity contribution < 1.29 is 8.42 Å². The molecule has 2 rings (SSSR count). The van der Waals surface area contributed by atoms with Gasteiger partial charge in [0.25, 0.3) is 0 Å². The molecule has 3 N–H and O–H groups in total. The van der Waals surface area contributed by atoms with Crippen LogP contribution in [0.3, 0.4) is 0 Å². The molecule has 0 aliphatic rings. The van der Waals surface area contributed by atoms with Gasteiger partial charge >= 0.3 is 0 Å². The second-order valence-electron chi connectivity index (χ2n) is 4.59. The van der Waals surface area contributed by atoms with Crippen LogP contribution in [-0.2, 0) is 23.1 Å². The van der Waals surface area contributed by atoms with Crippen molar-refractivity contribution in [3.63, 3.8) is 0 Å². The summed E-state index contributed by atoms with van der Waals surface area (Å²) in [5.74, 6) is 0. The van der Waals surface area contributed by atoms with Crippen LogP contribution in [0.5, 0.6) is 0 Å². The van der Waals surface area contributed by atoms with Gasteiger partial charge in [-0.2, -0.15) is 5.10 Å². The van der Waals surface area contributed by atoms with Crippen LogP contribution in [0.2, 0.25) is 0 Å². The lowest BCUT2D eigenvalue weighted by Gasteiger charge is -2.14. The van der Waals surface area contributed by atoms with E-state index in [1.807, 2.05) is 6.92 Å². The summed E-state index contributed by atoms with van der Waals surface area (Å²) in [6.07, 6.45) is 3.46. The number of thiophene rings is 1. The summed E-state index contributed by atoms with van der Waals surface area (Å²) >= 11 is 1.41.